The number of rotatable bonds is 3. The van der Waals surface area contributed by atoms with Crippen molar-refractivity contribution in [2.45, 2.75) is 39.8 Å². The molecule has 1 aliphatic rings. The third-order valence-electron chi connectivity index (χ3n) is 4.29. The molecule has 2 aromatic rings. The number of nitro groups is 1. The van der Waals surface area contributed by atoms with Crippen LogP contribution in [0.5, 0.6) is 0 Å². The SMILES string of the molecule is Cc1nn(CC(=O)N2c3ccccc3C[C@H]2C)c(C)c1[N+](=O)[O-]. The van der Waals surface area contributed by atoms with Crippen LogP contribution in [0.15, 0.2) is 24.3 Å². The van der Waals surface area contributed by atoms with Gasteiger partial charge in [-0.3, -0.25) is 19.6 Å². The Morgan fingerprint density at radius 2 is 2.09 bits per heavy atom. The number of carbonyl (C=O) groups is 1. The normalized spacial score (nSPS) is 16.5. The molecule has 1 aromatic heterocycles. The van der Waals surface area contributed by atoms with Crippen molar-refractivity contribution in [3.8, 4) is 0 Å². The van der Waals surface area contributed by atoms with Gasteiger partial charge in [-0.2, -0.15) is 5.10 Å². The lowest BCUT2D eigenvalue weighted by Crippen LogP contribution is -2.38. The molecule has 7 heteroatoms. The highest BCUT2D eigenvalue weighted by atomic mass is 16.6. The number of carbonyl (C=O) groups excluding carboxylic acids is 1. The fraction of sp³-hybridized carbons (Fsp3) is 0.375. The first-order valence-electron chi connectivity index (χ1n) is 7.48. The van der Waals surface area contributed by atoms with Gasteiger partial charge in [-0.25, -0.2) is 0 Å². The van der Waals surface area contributed by atoms with Gasteiger partial charge in [-0.15, -0.1) is 0 Å². The van der Waals surface area contributed by atoms with Crippen LogP contribution in [0.3, 0.4) is 0 Å². The van der Waals surface area contributed by atoms with E-state index in [-0.39, 0.29) is 24.2 Å². The zero-order valence-corrected chi connectivity index (χ0v) is 13.3. The number of aromatic nitrogens is 2. The Morgan fingerprint density at radius 1 is 1.39 bits per heavy atom. The van der Waals surface area contributed by atoms with Gasteiger partial charge in [0.25, 0.3) is 0 Å². The zero-order valence-electron chi connectivity index (χ0n) is 13.3. The van der Waals surface area contributed by atoms with Crippen molar-refractivity contribution < 1.29 is 9.72 Å². The predicted molar refractivity (Wildman–Crippen MR) is 85.4 cm³/mol. The monoisotopic (exact) mass is 314 g/mol. The number of anilines is 1. The first-order valence-corrected chi connectivity index (χ1v) is 7.48. The van der Waals surface area contributed by atoms with Gasteiger partial charge in [0.2, 0.25) is 5.91 Å². The predicted octanol–water partition coefficient (Wildman–Crippen LogP) is 2.39. The molecule has 0 fully saturated rings. The second kappa shape index (κ2) is 5.49. The molecule has 7 nitrogen and oxygen atoms in total. The Hall–Kier alpha value is -2.70. The minimum atomic E-state index is -0.452. The molecule has 0 unspecified atom stereocenters. The average Bonchev–Trinajstić information content (AvgIpc) is 2.95. The second-order valence-corrected chi connectivity index (χ2v) is 5.88. The maximum atomic E-state index is 12.7. The smallest absolute Gasteiger partial charge is 0.307 e. The van der Waals surface area contributed by atoms with Crippen LogP contribution in [0.2, 0.25) is 0 Å². The summed E-state index contributed by atoms with van der Waals surface area (Å²) in [5, 5.41) is 15.2. The van der Waals surface area contributed by atoms with Crippen LogP contribution in [0, 0.1) is 24.0 Å². The Labute approximate surface area is 133 Å². The fourth-order valence-corrected chi connectivity index (χ4v) is 3.26. The van der Waals surface area contributed by atoms with Crippen LogP contribution in [0.4, 0.5) is 11.4 Å². The molecule has 1 aromatic carbocycles. The summed E-state index contributed by atoms with van der Waals surface area (Å²) >= 11 is 0. The van der Waals surface area contributed by atoms with Gasteiger partial charge in [0.15, 0.2) is 0 Å². The third kappa shape index (κ3) is 2.48. The van der Waals surface area contributed by atoms with E-state index in [2.05, 4.69) is 5.10 Å². The lowest BCUT2D eigenvalue weighted by Gasteiger charge is -2.22. The summed E-state index contributed by atoms with van der Waals surface area (Å²) in [4.78, 5) is 25.1. The summed E-state index contributed by atoms with van der Waals surface area (Å²) in [6, 6.07) is 7.90. The van der Waals surface area contributed by atoms with Crippen LogP contribution in [-0.4, -0.2) is 26.7 Å². The highest BCUT2D eigenvalue weighted by molar-refractivity contribution is 5.96. The van der Waals surface area contributed by atoms with Gasteiger partial charge >= 0.3 is 5.69 Å². The summed E-state index contributed by atoms with van der Waals surface area (Å²) in [5.74, 6) is -0.108. The van der Waals surface area contributed by atoms with E-state index >= 15 is 0 Å². The van der Waals surface area contributed by atoms with Crippen molar-refractivity contribution in [2.75, 3.05) is 4.90 Å². The number of para-hydroxylation sites is 1. The third-order valence-corrected chi connectivity index (χ3v) is 4.29. The van der Waals surface area contributed by atoms with Crippen molar-refractivity contribution in [3.63, 3.8) is 0 Å². The number of fused-ring (bicyclic) bond motifs is 1. The first-order chi connectivity index (χ1) is 10.9. The summed E-state index contributed by atoms with van der Waals surface area (Å²) in [5.41, 5.74) is 2.78. The lowest BCUT2D eigenvalue weighted by atomic mass is 10.1. The van der Waals surface area contributed by atoms with Crippen LogP contribution < -0.4 is 4.90 Å². The Balaban J connectivity index is 1.89. The molecular formula is C16H18N4O3. The van der Waals surface area contributed by atoms with E-state index in [4.69, 9.17) is 0 Å². The molecule has 1 amide bonds. The number of amides is 1. The number of hydrogen-bond donors (Lipinski definition) is 0. The van der Waals surface area contributed by atoms with Crippen molar-refractivity contribution in [3.05, 3.63) is 51.3 Å². The van der Waals surface area contributed by atoms with E-state index in [0.29, 0.717) is 11.4 Å². The maximum Gasteiger partial charge on any atom is 0.312 e. The van der Waals surface area contributed by atoms with Crippen LogP contribution in [-0.2, 0) is 17.8 Å². The molecule has 0 aliphatic carbocycles. The number of aryl methyl sites for hydroxylation is 1. The molecule has 120 valence electrons. The molecular weight excluding hydrogens is 296 g/mol. The van der Waals surface area contributed by atoms with E-state index in [9.17, 15) is 14.9 Å². The van der Waals surface area contributed by atoms with Crippen molar-refractivity contribution >= 4 is 17.3 Å². The molecule has 0 radical (unpaired) electrons. The van der Waals surface area contributed by atoms with Crippen molar-refractivity contribution in [2.24, 2.45) is 0 Å². The topological polar surface area (TPSA) is 81.3 Å². The largest absolute Gasteiger partial charge is 0.312 e. The van der Waals surface area contributed by atoms with E-state index in [1.807, 2.05) is 31.2 Å². The number of hydrogen-bond acceptors (Lipinski definition) is 4. The minimum absolute atomic E-state index is 0.000806. The summed E-state index contributed by atoms with van der Waals surface area (Å²) in [6.07, 6.45) is 0.819. The quantitative estimate of drug-likeness (QED) is 0.643. The zero-order chi connectivity index (χ0) is 16.7. The standard InChI is InChI=1S/C16H18N4O3/c1-10-8-13-6-4-5-7-14(13)19(10)15(21)9-18-12(3)16(20(22)23)11(2)17-18/h4-7,10H,8-9H2,1-3H3/t10-/m1/s1. The Bertz CT molecular complexity index is 797. The van der Waals surface area contributed by atoms with Crippen LogP contribution in [0.25, 0.3) is 0 Å². The Morgan fingerprint density at radius 3 is 2.74 bits per heavy atom. The van der Waals surface area contributed by atoms with Gasteiger partial charge in [0.1, 0.15) is 17.9 Å². The number of benzene rings is 1. The summed E-state index contributed by atoms with van der Waals surface area (Å²) < 4.78 is 1.42. The van der Waals surface area contributed by atoms with Gasteiger partial charge in [0, 0.05) is 11.7 Å². The summed E-state index contributed by atoms with van der Waals surface area (Å²) in [6.45, 7) is 5.20. The first kappa shape index (κ1) is 15.2. The number of nitrogens with zero attached hydrogens (tertiary/aromatic N) is 4. The maximum absolute atomic E-state index is 12.7. The van der Waals surface area contributed by atoms with E-state index in [1.54, 1.807) is 18.7 Å². The molecule has 23 heavy (non-hydrogen) atoms. The van der Waals surface area contributed by atoms with Gasteiger partial charge in [-0.1, -0.05) is 18.2 Å². The van der Waals surface area contributed by atoms with Gasteiger partial charge < -0.3 is 4.90 Å². The molecule has 0 N–H and O–H groups in total. The lowest BCUT2D eigenvalue weighted by molar-refractivity contribution is -0.386. The summed E-state index contributed by atoms with van der Waals surface area (Å²) in [7, 11) is 0. The van der Waals surface area contributed by atoms with E-state index in [1.165, 1.54) is 4.68 Å². The highest BCUT2D eigenvalue weighted by Gasteiger charge is 2.31. The van der Waals surface area contributed by atoms with Gasteiger partial charge in [-0.05, 0) is 38.8 Å². The van der Waals surface area contributed by atoms with Crippen molar-refractivity contribution in [1.29, 1.82) is 0 Å². The fourth-order valence-electron chi connectivity index (χ4n) is 3.26. The molecule has 3 rings (SSSR count). The van der Waals surface area contributed by atoms with Crippen molar-refractivity contribution in [1.82, 2.24) is 9.78 Å². The van der Waals surface area contributed by atoms with Gasteiger partial charge in [0.05, 0.1) is 4.92 Å². The van der Waals surface area contributed by atoms with E-state index in [0.717, 1.165) is 17.7 Å². The highest BCUT2D eigenvalue weighted by Crippen LogP contribution is 2.32. The molecule has 0 saturated heterocycles. The molecule has 0 saturated carbocycles. The van der Waals surface area contributed by atoms with E-state index < -0.39 is 4.92 Å². The molecule has 2 heterocycles. The Kier molecular flexibility index (Phi) is 3.63. The van der Waals surface area contributed by atoms with Crippen LogP contribution in [0.1, 0.15) is 23.9 Å². The van der Waals surface area contributed by atoms with Crippen LogP contribution >= 0.6 is 0 Å². The molecule has 1 atom stereocenters. The molecule has 0 bridgehead atoms. The minimum Gasteiger partial charge on any atom is -0.307 e. The molecule has 0 spiro atoms. The molecule has 1 aliphatic heterocycles. The second-order valence-electron chi connectivity index (χ2n) is 5.88. The average molecular weight is 314 g/mol.